The molecule has 0 aliphatic carbocycles. The van der Waals surface area contributed by atoms with Crippen molar-refractivity contribution in [2.24, 2.45) is 5.73 Å². The molecule has 1 fully saturated rings. The van der Waals surface area contributed by atoms with Gasteiger partial charge in [-0.2, -0.15) is 0 Å². The zero-order valence-corrected chi connectivity index (χ0v) is 9.48. The van der Waals surface area contributed by atoms with Crippen LogP contribution in [0.25, 0.3) is 0 Å². The molecule has 1 aliphatic heterocycles. The van der Waals surface area contributed by atoms with Crippen LogP contribution in [0.2, 0.25) is 5.02 Å². The number of rotatable bonds is 2. The highest BCUT2D eigenvalue weighted by atomic mass is 35.5. The lowest BCUT2D eigenvalue weighted by Crippen LogP contribution is -2.50. The zero-order valence-electron chi connectivity index (χ0n) is 8.73. The van der Waals surface area contributed by atoms with Crippen molar-refractivity contribution in [2.45, 2.75) is 6.10 Å². The first-order valence-corrected chi connectivity index (χ1v) is 5.49. The molecule has 0 radical (unpaired) electrons. The third-order valence-corrected chi connectivity index (χ3v) is 2.74. The molecule has 5 heteroatoms. The number of hydrogen-bond acceptors (Lipinski definition) is 3. The molecule has 86 valence electrons. The summed E-state index contributed by atoms with van der Waals surface area (Å²) in [6.07, 6.45) is -0.535. The van der Waals surface area contributed by atoms with Gasteiger partial charge in [0.2, 0.25) is 0 Å². The van der Waals surface area contributed by atoms with Crippen LogP contribution in [0.1, 0.15) is 0 Å². The first kappa shape index (κ1) is 11.4. The number of morpholine rings is 1. The fourth-order valence-electron chi connectivity index (χ4n) is 1.71. The summed E-state index contributed by atoms with van der Waals surface area (Å²) >= 11 is 5.89. The topological polar surface area (TPSA) is 55.6 Å². The van der Waals surface area contributed by atoms with Crippen molar-refractivity contribution in [1.29, 1.82) is 0 Å². The number of ether oxygens (including phenoxy) is 1. The SMILES string of the molecule is NCC1OCCN(c2cccc(Cl)c2)C1=O. The van der Waals surface area contributed by atoms with Crippen molar-refractivity contribution in [3.63, 3.8) is 0 Å². The minimum Gasteiger partial charge on any atom is -0.365 e. The van der Waals surface area contributed by atoms with Crippen molar-refractivity contribution in [2.75, 3.05) is 24.6 Å². The molecule has 1 saturated heterocycles. The zero-order chi connectivity index (χ0) is 11.5. The number of anilines is 1. The second kappa shape index (κ2) is 4.82. The Bertz CT molecular complexity index is 397. The van der Waals surface area contributed by atoms with Gasteiger partial charge in [0.25, 0.3) is 5.91 Å². The van der Waals surface area contributed by atoms with Crippen molar-refractivity contribution in [3.8, 4) is 0 Å². The molecule has 4 nitrogen and oxygen atoms in total. The Morgan fingerprint density at radius 1 is 1.56 bits per heavy atom. The van der Waals surface area contributed by atoms with Gasteiger partial charge < -0.3 is 15.4 Å². The number of amides is 1. The predicted molar refractivity (Wildman–Crippen MR) is 62.6 cm³/mol. The highest BCUT2D eigenvalue weighted by Gasteiger charge is 2.29. The number of benzene rings is 1. The normalized spacial score (nSPS) is 21.2. The average molecular weight is 241 g/mol. The maximum atomic E-state index is 11.9. The van der Waals surface area contributed by atoms with E-state index in [1.165, 1.54) is 0 Å². The first-order chi connectivity index (χ1) is 7.72. The number of carbonyl (C=O) groups excluding carboxylic acids is 1. The second-order valence-corrected chi connectivity index (χ2v) is 4.00. The van der Waals surface area contributed by atoms with Crippen LogP contribution in [-0.4, -0.2) is 31.7 Å². The molecule has 2 rings (SSSR count). The predicted octanol–water partition coefficient (Wildman–Crippen LogP) is 1.03. The highest BCUT2D eigenvalue weighted by Crippen LogP contribution is 2.22. The number of hydrogen-bond donors (Lipinski definition) is 1. The Hall–Kier alpha value is -1.10. The maximum absolute atomic E-state index is 11.9. The summed E-state index contributed by atoms with van der Waals surface area (Å²) in [5.41, 5.74) is 6.26. The van der Waals surface area contributed by atoms with E-state index < -0.39 is 6.10 Å². The molecule has 0 saturated carbocycles. The molecule has 0 aromatic heterocycles. The Morgan fingerprint density at radius 3 is 3.06 bits per heavy atom. The van der Waals surface area contributed by atoms with Crippen LogP contribution in [0.3, 0.4) is 0 Å². The number of halogens is 1. The minimum absolute atomic E-state index is 0.101. The molecular weight excluding hydrogens is 228 g/mol. The molecule has 1 atom stereocenters. The molecule has 16 heavy (non-hydrogen) atoms. The van der Waals surface area contributed by atoms with Crippen molar-refractivity contribution in [3.05, 3.63) is 29.3 Å². The highest BCUT2D eigenvalue weighted by molar-refractivity contribution is 6.30. The van der Waals surface area contributed by atoms with Gasteiger partial charge in [-0.05, 0) is 18.2 Å². The summed E-state index contributed by atoms with van der Waals surface area (Å²) < 4.78 is 5.27. The van der Waals surface area contributed by atoms with E-state index in [4.69, 9.17) is 22.1 Å². The van der Waals surface area contributed by atoms with E-state index in [0.717, 1.165) is 5.69 Å². The molecular formula is C11H13ClN2O2. The first-order valence-electron chi connectivity index (χ1n) is 5.11. The van der Waals surface area contributed by atoms with Gasteiger partial charge in [0.15, 0.2) is 0 Å². The Balaban J connectivity index is 2.23. The van der Waals surface area contributed by atoms with E-state index in [1.54, 1.807) is 17.0 Å². The lowest BCUT2D eigenvalue weighted by atomic mass is 10.2. The summed E-state index contributed by atoms with van der Waals surface area (Å²) in [4.78, 5) is 13.6. The number of nitrogens with zero attached hydrogens (tertiary/aromatic N) is 1. The third-order valence-electron chi connectivity index (χ3n) is 2.51. The molecule has 0 bridgehead atoms. The maximum Gasteiger partial charge on any atom is 0.257 e. The van der Waals surface area contributed by atoms with Crippen molar-refractivity contribution >= 4 is 23.2 Å². The van der Waals surface area contributed by atoms with E-state index in [-0.39, 0.29) is 12.5 Å². The van der Waals surface area contributed by atoms with Gasteiger partial charge in [-0.25, -0.2) is 0 Å². The largest absolute Gasteiger partial charge is 0.365 e. The van der Waals surface area contributed by atoms with E-state index in [1.807, 2.05) is 12.1 Å². The van der Waals surface area contributed by atoms with Crippen molar-refractivity contribution in [1.82, 2.24) is 0 Å². The van der Waals surface area contributed by atoms with Crippen LogP contribution in [0, 0.1) is 0 Å². The van der Waals surface area contributed by atoms with Gasteiger partial charge in [0.05, 0.1) is 6.61 Å². The lowest BCUT2D eigenvalue weighted by Gasteiger charge is -2.31. The number of carbonyl (C=O) groups is 1. The van der Waals surface area contributed by atoms with Gasteiger partial charge in [0, 0.05) is 23.8 Å². The Kier molecular flexibility index (Phi) is 3.43. The minimum atomic E-state index is -0.535. The van der Waals surface area contributed by atoms with Gasteiger partial charge in [-0.3, -0.25) is 4.79 Å². The van der Waals surface area contributed by atoms with Crippen LogP contribution >= 0.6 is 11.6 Å². The van der Waals surface area contributed by atoms with Gasteiger partial charge >= 0.3 is 0 Å². The monoisotopic (exact) mass is 240 g/mol. The molecule has 1 amide bonds. The molecule has 1 aromatic rings. The average Bonchev–Trinajstić information content (AvgIpc) is 2.29. The smallest absolute Gasteiger partial charge is 0.257 e. The van der Waals surface area contributed by atoms with Crippen molar-refractivity contribution < 1.29 is 9.53 Å². The van der Waals surface area contributed by atoms with Gasteiger partial charge in [-0.1, -0.05) is 17.7 Å². The molecule has 2 N–H and O–H groups in total. The second-order valence-electron chi connectivity index (χ2n) is 3.56. The van der Waals surface area contributed by atoms with Crippen LogP contribution in [-0.2, 0) is 9.53 Å². The Labute approximate surface area is 98.9 Å². The molecule has 1 heterocycles. The van der Waals surface area contributed by atoms with E-state index in [2.05, 4.69) is 0 Å². The Morgan fingerprint density at radius 2 is 2.38 bits per heavy atom. The lowest BCUT2D eigenvalue weighted by molar-refractivity contribution is -0.133. The van der Waals surface area contributed by atoms with Crippen LogP contribution in [0.5, 0.6) is 0 Å². The van der Waals surface area contributed by atoms with Gasteiger partial charge in [-0.15, -0.1) is 0 Å². The van der Waals surface area contributed by atoms with Crippen LogP contribution in [0.15, 0.2) is 24.3 Å². The summed E-state index contributed by atoms with van der Waals surface area (Å²) in [5, 5.41) is 0.612. The summed E-state index contributed by atoms with van der Waals surface area (Å²) in [6, 6.07) is 7.20. The molecule has 1 unspecified atom stereocenters. The van der Waals surface area contributed by atoms with E-state index in [9.17, 15) is 4.79 Å². The van der Waals surface area contributed by atoms with Gasteiger partial charge in [0.1, 0.15) is 6.10 Å². The van der Waals surface area contributed by atoms with Crippen LogP contribution in [0.4, 0.5) is 5.69 Å². The summed E-state index contributed by atoms with van der Waals surface area (Å²) in [6.45, 7) is 1.24. The summed E-state index contributed by atoms with van der Waals surface area (Å²) in [7, 11) is 0. The fraction of sp³-hybridized carbons (Fsp3) is 0.364. The van der Waals surface area contributed by atoms with Crippen LogP contribution < -0.4 is 10.6 Å². The van der Waals surface area contributed by atoms with E-state index in [0.29, 0.717) is 18.2 Å². The van der Waals surface area contributed by atoms with E-state index >= 15 is 0 Å². The standard InChI is InChI=1S/C11H13ClN2O2/c12-8-2-1-3-9(6-8)14-4-5-16-10(7-13)11(14)15/h1-3,6,10H,4-5,7,13H2. The summed E-state index contributed by atoms with van der Waals surface area (Å²) in [5.74, 6) is -0.101. The molecule has 1 aromatic carbocycles. The fourth-order valence-corrected chi connectivity index (χ4v) is 1.90. The molecule has 1 aliphatic rings. The molecule has 0 spiro atoms. The quantitative estimate of drug-likeness (QED) is 0.840. The third kappa shape index (κ3) is 2.19. The number of nitrogens with two attached hydrogens (primary N) is 1.